The van der Waals surface area contributed by atoms with Crippen molar-refractivity contribution in [1.82, 2.24) is 5.32 Å². The van der Waals surface area contributed by atoms with Crippen LogP contribution in [0, 0.1) is 0 Å². The summed E-state index contributed by atoms with van der Waals surface area (Å²) in [5.74, 6) is 0. The maximum absolute atomic E-state index is 6.03. The van der Waals surface area contributed by atoms with E-state index in [-0.39, 0.29) is 0 Å². The molecule has 1 aromatic carbocycles. The van der Waals surface area contributed by atoms with Crippen molar-refractivity contribution in [2.75, 3.05) is 7.05 Å². The van der Waals surface area contributed by atoms with Crippen LogP contribution in [0.1, 0.15) is 48.9 Å². The number of nitrogens with one attached hydrogen (secondary N) is 1. The zero-order valence-electron chi connectivity index (χ0n) is 11.4. The minimum atomic E-state index is 0.337. The first-order valence-corrected chi connectivity index (χ1v) is 7.22. The van der Waals surface area contributed by atoms with Gasteiger partial charge < -0.3 is 10.1 Å². The van der Waals surface area contributed by atoms with Gasteiger partial charge in [-0.2, -0.15) is 0 Å². The molecule has 1 aliphatic heterocycles. The lowest BCUT2D eigenvalue weighted by Crippen LogP contribution is -2.29. The summed E-state index contributed by atoms with van der Waals surface area (Å²) in [6, 6.07) is 7.36. The maximum atomic E-state index is 6.03. The minimum Gasteiger partial charge on any atom is -0.373 e. The average molecular weight is 245 g/mol. The Morgan fingerprint density at radius 1 is 1.22 bits per heavy atom. The molecule has 3 unspecified atom stereocenters. The summed E-state index contributed by atoms with van der Waals surface area (Å²) in [7, 11) is 2.05. The highest BCUT2D eigenvalue weighted by atomic mass is 16.5. The van der Waals surface area contributed by atoms with E-state index in [4.69, 9.17) is 4.74 Å². The smallest absolute Gasteiger partial charge is 0.0774 e. The second kappa shape index (κ2) is 5.02. The predicted octanol–water partition coefficient (Wildman–Crippen LogP) is 3.00. The second-order valence-corrected chi connectivity index (χ2v) is 5.71. The third-order valence-electron chi connectivity index (χ3n) is 4.43. The Morgan fingerprint density at radius 2 is 2.06 bits per heavy atom. The Hall–Kier alpha value is -0.860. The molecule has 1 fully saturated rings. The van der Waals surface area contributed by atoms with Crippen molar-refractivity contribution in [3.05, 3.63) is 34.9 Å². The molecule has 1 N–H and O–H groups in total. The van der Waals surface area contributed by atoms with Gasteiger partial charge in [-0.3, -0.25) is 0 Å². The zero-order chi connectivity index (χ0) is 12.5. The van der Waals surface area contributed by atoms with Crippen LogP contribution in [0.2, 0.25) is 0 Å². The van der Waals surface area contributed by atoms with Crippen LogP contribution in [-0.2, 0) is 17.6 Å². The number of hydrogen-bond acceptors (Lipinski definition) is 2. The van der Waals surface area contributed by atoms with Crippen LogP contribution in [0.5, 0.6) is 0 Å². The Kier molecular flexibility index (Phi) is 3.40. The average Bonchev–Trinajstić information content (AvgIpc) is 2.99. The van der Waals surface area contributed by atoms with Crippen LogP contribution in [0.25, 0.3) is 0 Å². The Labute approximate surface area is 110 Å². The standard InChI is InChI=1S/C16H23NO/c1-11-6-9-15(18-11)16(17-2)14-8-7-12-4-3-5-13(12)10-14/h7-8,10-11,15-17H,3-6,9H2,1-2H3. The number of ether oxygens (including phenoxy) is 1. The normalized spacial score (nSPS) is 28.3. The van der Waals surface area contributed by atoms with Gasteiger partial charge in [0.05, 0.1) is 18.2 Å². The molecule has 0 bridgehead atoms. The van der Waals surface area contributed by atoms with E-state index in [0.29, 0.717) is 18.2 Å². The van der Waals surface area contributed by atoms with Crippen molar-refractivity contribution in [2.24, 2.45) is 0 Å². The van der Waals surface area contributed by atoms with Gasteiger partial charge in [-0.1, -0.05) is 18.2 Å². The van der Waals surface area contributed by atoms with Crippen molar-refractivity contribution in [2.45, 2.75) is 57.3 Å². The molecule has 1 aromatic rings. The number of rotatable bonds is 3. The van der Waals surface area contributed by atoms with Crippen molar-refractivity contribution >= 4 is 0 Å². The van der Waals surface area contributed by atoms with Gasteiger partial charge in [0.2, 0.25) is 0 Å². The number of fused-ring (bicyclic) bond motifs is 1. The van der Waals surface area contributed by atoms with Gasteiger partial charge in [0.1, 0.15) is 0 Å². The van der Waals surface area contributed by atoms with Crippen molar-refractivity contribution in [3.8, 4) is 0 Å². The zero-order valence-corrected chi connectivity index (χ0v) is 11.4. The summed E-state index contributed by atoms with van der Waals surface area (Å²) < 4.78 is 6.03. The van der Waals surface area contributed by atoms with Gasteiger partial charge in [0.15, 0.2) is 0 Å². The quantitative estimate of drug-likeness (QED) is 0.884. The summed E-state index contributed by atoms with van der Waals surface area (Å²) in [5, 5.41) is 3.45. The van der Waals surface area contributed by atoms with E-state index >= 15 is 0 Å². The largest absolute Gasteiger partial charge is 0.373 e. The molecular formula is C16H23NO. The lowest BCUT2D eigenvalue weighted by Gasteiger charge is -2.24. The molecule has 2 nitrogen and oxygen atoms in total. The van der Waals surface area contributed by atoms with E-state index in [1.165, 1.54) is 37.7 Å². The van der Waals surface area contributed by atoms with Crippen LogP contribution in [0.4, 0.5) is 0 Å². The molecule has 3 rings (SSSR count). The van der Waals surface area contributed by atoms with Gasteiger partial charge in [-0.25, -0.2) is 0 Å². The first-order chi connectivity index (χ1) is 8.78. The molecule has 1 heterocycles. The van der Waals surface area contributed by atoms with Crippen molar-refractivity contribution in [1.29, 1.82) is 0 Å². The Morgan fingerprint density at radius 3 is 2.78 bits per heavy atom. The third kappa shape index (κ3) is 2.19. The highest BCUT2D eigenvalue weighted by Gasteiger charge is 2.30. The lowest BCUT2D eigenvalue weighted by molar-refractivity contribution is 0.0333. The molecule has 2 heteroatoms. The molecule has 0 aromatic heterocycles. The van der Waals surface area contributed by atoms with Gasteiger partial charge in [-0.05, 0) is 62.8 Å². The Bertz CT molecular complexity index is 429. The number of hydrogen-bond donors (Lipinski definition) is 1. The van der Waals surface area contributed by atoms with Gasteiger partial charge in [0, 0.05) is 0 Å². The maximum Gasteiger partial charge on any atom is 0.0774 e. The molecule has 1 aliphatic carbocycles. The van der Waals surface area contributed by atoms with Crippen LogP contribution in [0.3, 0.4) is 0 Å². The molecule has 0 amide bonds. The van der Waals surface area contributed by atoms with Crippen molar-refractivity contribution in [3.63, 3.8) is 0 Å². The lowest BCUT2D eigenvalue weighted by atomic mass is 9.96. The summed E-state index contributed by atoms with van der Waals surface area (Å²) >= 11 is 0. The first-order valence-electron chi connectivity index (χ1n) is 7.22. The summed E-state index contributed by atoms with van der Waals surface area (Å²) in [5.41, 5.74) is 4.50. The molecule has 0 saturated carbocycles. The molecular weight excluding hydrogens is 222 g/mol. The number of likely N-dealkylation sites (N-methyl/N-ethyl adjacent to an activating group) is 1. The van der Waals surface area contributed by atoms with Crippen LogP contribution >= 0.6 is 0 Å². The third-order valence-corrected chi connectivity index (χ3v) is 4.43. The fraction of sp³-hybridized carbons (Fsp3) is 0.625. The summed E-state index contributed by atoms with van der Waals surface area (Å²) in [6.07, 6.45) is 6.94. The van der Waals surface area contributed by atoms with E-state index in [1.807, 2.05) is 7.05 Å². The van der Waals surface area contributed by atoms with Crippen molar-refractivity contribution < 1.29 is 4.74 Å². The molecule has 3 atom stereocenters. The summed E-state index contributed by atoms with van der Waals surface area (Å²) in [4.78, 5) is 0. The van der Waals surface area contributed by atoms with Crippen LogP contribution < -0.4 is 5.32 Å². The van der Waals surface area contributed by atoms with E-state index in [0.717, 1.165) is 0 Å². The second-order valence-electron chi connectivity index (χ2n) is 5.71. The highest BCUT2D eigenvalue weighted by Crippen LogP contribution is 2.32. The van der Waals surface area contributed by atoms with Crippen LogP contribution in [0.15, 0.2) is 18.2 Å². The molecule has 0 spiro atoms. The van der Waals surface area contributed by atoms with Crippen LogP contribution in [-0.4, -0.2) is 19.3 Å². The van der Waals surface area contributed by atoms with E-state index in [1.54, 1.807) is 11.1 Å². The number of benzene rings is 1. The molecule has 98 valence electrons. The number of aryl methyl sites for hydroxylation is 2. The van der Waals surface area contributed by atoms with E-state index in [9.17, 15) is 0 Å². The summed E-state index contributed by atoms with van der Waals surface area (Å²) in [6.45, 7) is 2.18. The minimum absolute atomic E-state index is 0.337. The first kappa shape index (κ1) is 12.2. The van der Waals surface area contributed by atoms with Gasteiger partial charge >= 0.3 is 0 Å². The predicted molar refractivity (Wildman–Crippen MR) is 73.8 cm³/mol. The topological polar surface area (TPSA) is 21.3 Å². The monoisotopic (exact) mass is 245 g/mol. The fourth-order valence-corrected chi connectivity index (χ4v) is 3.43. The molecule has 1 saturated heterocycles. The molecule has 18 heavy (non-hydrogen) atoms. The van der Waals surface area contributed by atoms with E-state index < -0.39 is 0 Å². The van der Waals surface area contributed by atoms with Gasteiger partial charge in [-0.15, -0.1) is 0 Å². The van der Waals surface area contributed by atoms with Gasteiger partial charge in [0.25, 0.3) is 0 Å². The van der Waals surface area contributed by atoms with E-state index in [2.05, 4.69) is 30.4 Å². The Balaban J connectivity index is 1.83. The molecule has 0 radical (unpaired) electrons. The SMILES string of the molecule is CNC(c1ccc2c(c1)CCC2)C1CCC(C)O1. The fourth-order valence-electron chi connectivity index (χ4n) is 3.43. The molecule has 2 aliphatic rings. The highest BCUT2D eigenvalue weighted by molar-refractivity contribution is 5.37.